The van der Waals surface area contributed by atoms with Gasteiger partial charge in [0.15, 0.2) is 5.69 Å². The Bertz CT molecular complexity index is 328. The van der Waals surface area contributed by atoms with Crippen LogP contribution in [0, 0.1) is 18.8 Å². The minimum absolute atomic E-state index is 0.0719. The zero-order valence-corrected chi connectivity index (χ0v) is 5.77. The smallest absolute Gasteiger partial charge is 0.350 e. The molecule has 0 fully saturated rings. The molecule has 1 radical (unpaired) electrons. The second kappa shape index (κ2) is 2.89. The van der Waals surface area contributed by atoms with Crippen LogP contribution in [-0.2, 0) is 6.18 Å². The van der Waals surface area contributed by atoms with Crippen LogP contribution in [-0.4, -0.2) is 5.16 Å². The third kappa shape index (κ3) is 1.78. The molecule has 2 nitrogen and oxygen atoms in total. The monoisotopic (exact) mass is 174 g/mol. The summed E-state index contributed by atoms with van der Waals surface area (Å²) < 4.78 is 39.5. The van der Waals surface area contributed by atoms with Crippen molar-refractivity contribution in [3.05, 3.63) is 24.4 Å². The minimum Gasteiger partial charge on any atom is -0.350 e. The number of hydrogen-bond donors (Lipinski definition) is 0. The van der Waals surface area contributed by atoms with Gasteiger partial charge in [-0.3, -0.25) is 0 Å². The van der Waals surface area contributed by atoms with Crippen LogP contribution >= 0.6 is 0 Å². The Kier molecular flexibility index (Phi) is 2.09. The average molecular weight is 174 g/mol. The van der Waals surface area contributed by atoms with Gasteiger partial charge in [-0.2, -0.15) is 13.2 Å². The predicted octanol–water partition coefficient (Wildman–Crippen LogP) is 1.88. The molecule has 0 unspecified atom stereocenters. The van der Waals surface area contributed by atoms with Crippen molar-refractivity contribution >= 4 is 0 Å². The van der Waals surface area contributed by atoms with Crippen LogP contribution < -0.4 is 0 Å². The van der Waals surface area contributed by atoms with Gasteiger partial charge in [0.05, 0.1) is 0 Å². The van der Waals surface area contributed by atoms with Crippen molar-refractivity contribution in [2.24, 2.45) is 0 Å². The zero-order valence-electron chi connectivity index (χ0n) is 5.77. The minimum atomic E-state index is -4.51. The van der Waals surface area contributed by atoms with E-state index in [1.807, 2.05) is 0 Å². The molecule has 0 atom stereocenters. The van der Waals surface area contributed by atoms with E-state index in [-0.39, 0.29) is 5.69 Å². The summed E-state index contributed by atoms with van der Waals surface area (Å²) in [6.45, 7) is 3.13. The van der Waals surface area contributed by atoms with Crippen molar-refractivity contribution in [3.63, 3.8) is 0 Å². The van der Waals surface area contributed by atoms with Gasteiger partial charge in [0.25, 0.3) is 0 Å². The van der Waals surface area contributed by atoms with Crippen molar-refractivity contribution < 1.29 is 17.7 Å². The second-order valence-corrected chi connectivity index (χ2v) is 1.88. The van der Waals surface area contributed by atoms with Gasteiger partial charge in [0.2, 0.25) is 5.76 Å². The molecule has 12 heavy (non-hydrogen) atoms. The first-order chi connectivity index (χ1) is 5.54. The molecular formula is C7H3F3NO. The van der Waals surface area contributed by atoms with Crippen molar-refractivity contribution in [2.75, 3.05) is 0 Å². The van der Waals surface area contributed by atoms with Gasteiger partial charge in [0, 0.05) is 13.0 Å². The quantitative estimate of drug-likeness (QED) is 0.561. The first kappa shape index (κ1) is 8.65. The summed E-state index contributed by atoms with van der Waals surface area (Å²) in [4.78, 5) is 0. The molecule has 0 spiro atoms. The summed E-state index contributed by atoms with van der Waals surface area (Å²) in [6, 6.07) is 0.720. The van der Waals surface area contributed by atoms with Crippen molar-refractivity contribution in [1.82, 2.24) is 5.16 Å². The van der Waals surface area contributed by atoms with Crippen molar-refractivity contribution in [1.29, 1.82) is 0 Å². The highest BCUT2D eigenvalue weighted by Crippen LogP contribution is 2.29. The van der Waals surface area contributed by atoms with E-state index >= 15 is 0 Å². The Morgan fingerprint density at radius 3 is 2.58 bits per heavy atom. The van der Waals surface area contributed by atoms with Gasteiger partial charge in [0.1, 0.15) is 0 Å². The molecule has 0 N–H and O–H groups in total. The van der Waals surface area contributed by atoms with E-state index in [1.54, 1.807) is 0 Å². The lowest BCUT2D eigenvalue weighted by molar-refractivity contribution is -0.155. The largest absolute Gasteiger partial charge is 0.452 e. The van der Waals surface area contributed by atoms with Crippen molar-refractivity contribution in [2.45, 2.75) is 6.18 Å². The molecule has 1 rings (SSSR count). The standard InChI is InChI=1S/C7H3F3NO/c1-2-3-5-4-6(12-11-5)7(8,9)10/h4H,1H2. The number of nitrogens with zero attached hydrogens (tertiary/aromatic N) is 1. The van der Waals surface area contributed by atoms with Crippen LogP contribution in [0.5, 0.6) is 0 Å². The first-order valence-corrected chi connectivity index (χ1v) is 2.86. The molecule has 0 aliphatic rings. The first-order valence-electron chi connectivity index (χ1n) is 2.86. The molecule has 0 aliphatic carbocycles. The Labute approximate surface area is 66.4 Å². The maximum absolute atomic E-state index is 11.8. The fourth-order valence-electron chi connectivity index (χ4n) is 0.558. The number of halogens is 3. The van der Waals surface area contributed by atoms with Gasteiger partial charge in [-0.05, 0) is 5.92 Å². The number of alkyl halides is 3. The van der Waals surface area contributed by atoms with Gasteiger partial charge in [-0.15, -0.1) is 0 Å². The van der Waals surface area contributed by atoms with E-state index in [9.17, 15) is 13.2 Å². The fraction of sp³-hybridized carbons (Fsp3) is 0.143. The van der Waals surface area contributed by atoms with Crippen LogP contribution in [0.15, 0.2) is 10.6 Å². The van der Waals surface area contributed by atoms with E-state index < -0.39 is 11.9 Å². The van der Waals surface area contributed by atoms with Crippen LogP contribution in [0.2, 0.25) is 0 Å². The van der Waals surface area contributed by atoms with Crippen LogP contribution in [0.25, 0.3) is 0 Å². The van der Waals surface area contributed by atoms with E-state index in [0.717, 1.165) is 6.07 Å². The van der Waals surface area contributed by atoms with E-state index in [1.165, 1.54) is 0 Å². The van der Waals surface area contributed by atoms with Gasteiger partial charge in [-0.1, -0.05) is 11.1 Å². The lowest BCUT2D eigenvalue weighted by Gasteiger charge is -1.96. The zero-order chi connectivity index (χ0) is 9.19. The number of rotatable bonds is 0. The predicted molar refractivity (Wildman–Crippen MR) is 33.7 cm³/mol. The third-order valence-corrected chi connectivity index (χ3v) is 1.01. The van der Waals surface area contributed by atoms with Gasteiger partial charge in [-0.25, -0.2) is 0 Å². The highest BCUT2D eigenvalue weighted by atomic mass is 19.4. The average Bonchev–Trinajstić information content (AvgIpc) is 2.35. The van der Waals surface area contributed by atoms with Gasteiger partial charge >= 0.3 is 6.18 Å². The second-order valence-electron chi connectivity index (χ2n) is 1.88. The molecule has 1 aromatic rings. The molecule has 1 aromatic heterocycles. The van der Waals surface area contributed by atoms with Crippen LogP contribution in [0.4, 0.5) is 13.2 Å². The van der Waals surface area contributed by atoms with E-state index in [2.05, 4.69) is 28.4 Å². The molecule has 0 amide bonds. The summed E-state index contributed by atoms with van der Waals surface area (Å²) in [5.41, 5.74) is -0.0719. The summed E-state index contributed by atoms with van der Waals surface area (Å²) in [5, 5.41) is 3.06. The Morgan fingerprint density at radius 1 is 1.50 bits per heavy atom. The molecule has 5 heteroatoms. The lowest BCUT2D eigenvalue weighted by atomic mass is 10.3. The third-order valence-electron chi connectivity index (χ3n) is 1.01. The maximum atomic E-state index is 11.8. The summed E-state index contributed by atoms with van der Waals surface area (Å²) in [5.74, 6) is 3.24. The van der Waals surface area contributed by atoms with E-state index in [4.69, 9.17) is 0 Å². The topological polar surface area (TPSA) is 26.0 Å². The molecule has 63 valence electrons. The molecule has 0 aromatic carbocycles. The lowest BCUT2D eigenvalue weighted by Crippen LogP contribution is -2.02. The normalized spacial score (nSPS) is 10.7. The fourth-order valence-corrected chi connectivity index (χ4v) is 0.558. The molecule has 0 saturated carbocycles. The molecule has 1 heterocycles. The Hall–Kier alpha value is -1.44. The maximum Gasteiger partial charge on any atom is 0.452 e. The van der Waals surface area contributed by atoms with Crippen molar-refractivity contribution in [3.8, 4) is 11.8 Å². The highest BCUT2D eigenvalue weighted by molar-refractivity contribution is 5.28. The van der Waals surface area contributed by atoms with E-state index in [0.29, 0.717) is 0 Å². The molecule has 0 aliphatic heterocycles. The number of hydrogen-bond acceptors (Lipinski definition) is 2. The highest BCUT2D eigenvalue weighted by Gasteiger charge is 2.35. The Balaban J connectivity index is 2.97. The molecule has 0 bridgehead atoms. The SMILES string of the molecule is [CH2]C#Cc1cc(C(F)(F)F)on1. The van der Waals surface area contributed by atoms with Gasteiger partial charge < -0.3 is 4.52 Å². The van der Waals surface area contributed by atoms with Crippen LogP contribution in [0.1, 0.15) is 11.5 Å². The summed E-state index contributed by atoms with van der Waals surface area (Å²) in [7, 11) is 0. The molecule has 0 saturated heterocycles. The summed E-state index contributed by atoms with van der Waals surface area (Å²) in [6.07, 6.45) is -4.51. The molecular weight excluding hydrogens is 171 g/mol. The Morgan fingerprint density at radius 2 is 2.17 bits per heavy atom. The number of aromatic nitrogens is 1. The summed E-state index contributed by atoms with van der Waals surface area (Å²) >= 11 is 0. The van der Waals surface area contributed by atoms with Crippen LogP contribution in [0.3, 0.4) is 0 Å².